The molecule has 0 unspecified atom stereocenters. The van der Waals surface area contributed by atoms with Crippen molar-refractivity contribution in [3.63, 3.8) is 0 Å². The molecule has 0 radical (unpaired) electrons. The standard InChI is InChI=1S/C15H25N/c1-2-3-4-5-6-7-8-9-10-12-15-13-11-14-16-15/h2,11,13H,1,3-10,12,14H2. The molecule has 0 amide bonds. The highest BCUT2D eigenvalue weighted by atomic mass is 14.7. The molecule has 0 fully saturated rings. The van der Waals surface area contributed by atoms with Crippen molar-refractivity contribution < 1.29 is 0 Å². The van der Waals surface area contributed by atoms with Crippen LogP contribution in [0.15, 0.2) is 29.8 Å². The van der Waals surface area contributed by atoms with E-state index in [-0.39, 0.29) is 0 Å². The van der Waals surface area contributed by atoms with Gasteiger partial charge in [0, 0.05) is 5.71 Å². The van der Waals surface area contributed by atoms with Crippen LogP contribution in [0.2, 0.25) is 0 Å². The molecule has 0 aromatic heterocycles. The lowest BCUT2D eigenvalue weighted by molar-refractivity contribution is 0.586. The molecule has 0 saturated carbocycles. The Morgan fingerprint density at radius 2 is 1.75 bits per heavy atom. The molecule has 1 rings (SSSR count). The molecule has 0 aromatic carbocycles. The SMILES string of the molecule is C=CCCCCCCCCCC1=NCC=C1. The van der Waals surface area contributed by atoms with Crippen LogP contribution in [0.1, 0.15) is 57.8 Å². The molecule has 0 saturated heterocycles. The summed E-state index contributed by atoms with van der Waals surface area (Å²) in [6.45, 7) is 4.66. The summed E-state index contributed by atoms with van der Waals surface area (Å²) >= 11 is 0. The van der Waals surface area contributed by atoms with Gasteiger partial charge in [-0.15, -0.1) is 6.58 Å². The van der Waals surface area contributed by atoms with E-state index < -0.39 is 0 Å². The molecule has 0 spiro atoms. The minimum absolute atomic E-state index is 0.915. The second kappa shape index (κ2) is 9.38. The molecule has 16 heavy (non-hydrogen) atoms. The first kappa shape index (κ1) is 13.2. The molecule has 90 valence electrons. The number of nitrogens with zero attached hydrogens (tertiary/aromatic N) is 1. The van der Waals surface area contributed by atoms with Crippen molar-refractivity contribution >= 4 is 5.71 Å². The lowest BCUT2D eigenvalue weighted by Gasteiger charge is -2.01. The van der Waals surface area contributed by atoms with E-state index in [1.165, 1.54) is 63.5 Å². The van der Waals surface area contributed by atoms with Crippen molar-refractivity contribution in [3.05, 3.63) is 24.8 Å². The Morgan fingerprint density at radius 3 is 2.38 bits per heavy atom. The van der Waals surface area contributed by atoms with Gasteiger partial charge in [-0.2, -0.15) is 0 Å². The predicted octanol–water partition coefficient (Wildman–Crippen LogP) is 4.69. The second-order valence-corrected chi connectivity index (χ2v) is 4.54. The summed E-state index contributed by atoms with van der Waals surface area (Å²) < 4.78 is 0. The zero-order chi connectivity index (χ0) is 11.5. The van der Waals surface area contributed by atoms with Crippen LogP contribution in [0.25, 0.3) is 0 Å². The van der Waals surface area contributed by atoms with Crippen LogP contribution in [0.5, 0.6) is 0 Å². The predicted molar refractivity (Wildman–Crippen MR) is 73.2 cm³/mol. The van der Waals surface area contributed by atoms with E-state index >= 15 is 0 Å². The zero-order valence-corrected chi connectivity index (χ0v) is 10.5. The topological polar surface area (TPSA) is 12.4 Å². The third-order valence-corrected chi connectivity index (χ3v) is 3.05. The number of hydrogen-bond donors (Lipinski definition) is 0. The van der Waals surface area contributed by atoms with E-state index in [1.54, 1.807) is 0 Å². The van der Waals surface area contributed by atoms with Gasteiger partial charge in [0.1, 0.15) is 0 Å². The molecule has 0 atom stereocenters. The number of aliphatic imine (C=N–C) groups is 1. The van der Waals surface area contributed by atoms with Crippen LogP contribution < -0.4 is 0 Å². The largest absolute Gasteiger partial charge is 0.286 e. The maximum absolute atomic E-state index is 4.40. The van der Waals surface area contributed by atoms with Crippen LogP contribution in [-0.2, 0) is 0 Å². The minimum atomic E-state index is 0.915. The van der Waals surface area contributed by atoms with Crippen molar-refractivity contribution in [3.8, 4) is 0 Å². The fraction of sp³-hybridized carbons (Fsp3) is 0.667. The van der Waals surface area contributed by atoms with Gasteiger partial charge in [-0.05, 0) is 31.8 Å². The fourth-order valence-corrected chi connectivity index (χ4v) is 2.05. The van der Waals surface area contributed by atoms with Crippen molar-refractivity contribution in [2.45, 2.75) is 57.8 Å². The highest BCUT2D eigenvalue weighted by Crippen LogP contribution is 2.11. The van der Waals surface area contributed by atoms with Gasteiger partial charge in [-0.1, -0.05) is 44.3 Å². The Bertz CT molecular complexity index is 238. The van der Waals surface area contributed by atoms with E-state index in [0.717, 1.165) is 6.54 Å². The fourth-order valence-electron chi connectivity index (χ4n) is 2.05. The lowest BCUT2D eigenvalue weighted by Crippen LogP contribution is -1.90. The summed E-state index contributed by atoms with van der Waals surface area (Å²) in [5.41, 5.74) is 1.31. The molecule has 0 N–H and O–H groups in total. The van der Waals surface area contributed by atoms with Gasteiger partial charge in [0.2, 0.25) is 0 Å². The van der Waals surface area contributed by atoms with E-state index in [9.17, 15) is 0 Å². The monoisotopic (exact) mass is 219 g/mol. The van der Waals surface area contributed by atoms with E-state index in [4.69, 9.17) is 0 Å². The van der Waals surface area contributed by atoms with Gasteiger partial charge in [0.15, 0.2) is 0 Å². The van der Waals surface area contributed by atoms with Crippen LogP contribution in [0.4, 0.5) is 0 Å². The third-order valence-electron chi connectivity index (χ3n) is 3.05. The smallest absolute Gasteiger partial charge is 0.0577 e. The van der Waals surface area contributed by atoms with Gasteiger partial charge in [0.25, 0.3) is 0 Å². The van der Waals surface area contributed by atoms with E-state index in [0.29, 0.717) is 0 Å². The van der Waals surface area contributed by atoms with E-state index in [2.05, 4.69) is 23.7 Å². The number of unbranched alkanes of at least 4 members (excludes halogenated alkanes) is 7. The molecule has 1 nitrogen and oxygen atoms in total. The molecule has 1 heterocycles. The summed E-state index contributed by atoms with van der Waals surface area (Å²) in [7, 11) is 0. The van der Waals surface area contributed by atoms with Crippen molar-refractivity contribution in [1.82, 2.24) is 0 Å². The summed E-state index contributed by atoms with van der Waals surface area (Å²) in [6, 6.07) is 0. The molecular formula is C15H25N. The average molecular weight is 219 g/mol. The summed E-state index contributed by atoms with van der Waals surface area (Å²) in [5, 5.41) is 0. The van der Waals surface area contributed by atoms with Crippen molar-refractivity contribution in [2.75, 3.05) is 6.54 Å². The first-order valence-corrected chi connectivity index (χ1v) is 6.74. The highest BCUT2D eigenvalue weighted by molar-refractivity contribution is 5.96. The Morgan fingerprint density at radius 1 is 1.06 bits per heavy atom. The Kier molecular flexibility index (Phi) is 7.75. The molecular weight excluding hydrogens is 194 g/mol. The molecule has 0 aromatic rings. The van der Waals surface area contributed by atoms with Crippen LogP contribution >= 0.6 is 0 Å². The van der Waals surface area contributed by atoms with Crippen molar-refractivity contribution in [2.24, 2.45) is 4.99 Å². The normalized spacial score (nSPS) is 14.1. The Hall–Kier alpha value is -0.850. The molecule has 1 aliphatic heterocycles. The van der Waals surface area contributed by atoms with Crippen LogP contribution in [0, 0.1) is 0 Å². The van der Waals surface area contributed by atoms with Gasteiger partial charge in [-0.25, -0.2) is 0 Å². The quantitative estimate of drug-likeness (QED) is 0.373. The maximum atomic E-state index is 4.40. The first-order valence-electron chi connectivity index (χ1n) is 6.74. The second-order valence-electron chi connectivity index (χ2n) is 4.54. The molecule has 1 heteroatoms. The van der Waals surface area contributed by atoms with E-state index in [1.807, 2.05) is 6.08 Å². The summed E-state index contributed by atoms with van der Waals surface area (Å²) in [5.74, 6) is 0. The Balaban J connectivity index is 1.78. The molecule has 1 aliphatic rings. The molecule has 0 aliphatic carbocycles. The lowest BCUT2D eigenvalue weighted by atomic mass is 10.1. The summed E-state index contributed by atoms with van der Waals surface area (Å²) in [4.78, 5) is 4.40. The first-order chi connectivity index (χ1) is 7.93. The zero-order valence-electron chi connectivity index (χ0n) is 10.5. The van der Waals surface area contributed by atoms with Gasteiger partial charge in [-0.3, -0.25) is 4.99 Å². The minimum Gasteiger partial charge on any atom is -0.286 e. The number of rotatable bonds is 10. The van der Waals surface area contributed by atoms with Crippen LogP contribution in [0.3, 0.4) is 0 Å². The number of allylic oxidation sites excluding steroid dienone is 2. The number of hydrogen-bond acceptors (Lipinski definition) is 1. The summed E-state index contributed by atoms with van der Waals surface area (Å²) in [6.07, 6.45) is 18.3. The van der Waals surface area contributed by atoms with Gasteiger partial charge >= 0.3 is 0 Å². The molecule has 0 bridgehead atoms. The van der Waals surface area contributed by atoms with Gasteiger partial charge in [0.05, 0.1) is 6.54 Å². The maximum Gasteiger partial charge on any atom is 0.0577 e. The highest BCUT2D eigenvalue weighted by Gasteiger charge is 1.98. The average Bonchev–Trinajstić information content (AvgIpc) is 2.80. The third kappa shape index (κ3) is 6.60. The van der Waals surface area contributed by atoms with Gasteiger partial charge < -0.3 is 0 Å². The Labute approximate surface area is 100 Å². The van der Waals surface area contributed by atoms with Crippen molar-refractivity contribution in [1.29, 1.82) is 0 Å². The van der Waals surface area contributed by atoms with Crippen LogP contribution in [-0.4, -0.2) is 12.3 Å².